The second-order valence-corrected chi connectivity index (χ2v) is 6.61. The number of benzene rings is 1. The predicted octanol–water partition coefficient (Wildman–Crippen LogP) is 2.94. The summed E-state index contributed by atoms with van der Waals surface area (Å²) >= 11 is 6.26. The van der Waals surface area contributed by atoms with Crippen LogP contribution in [0.4, 0.5) is 5.95 Å². The molecule has 0 unspecified atom stereocenters. The van der Waals surface area contributed by atoms with E-state index in [1.165, 1.54) is 7.11 Å². The summed E-state index contributed by atoms with van der Waals surface area (Å²) in [4.78, 5) is 23.3. The average Bonchev–Trinajstić information content (AvgIpc) is 2.70. The van der Waals surface area contributed by atoms with Gasteiger partial charge in [-0.1, -0.05) is 11.6 Å². The highest BCUT2D eigenvalue weighted by Crippen LogP contribution is 2.36. The first-order chi connectivity index (χ1) is 13.1. The lowest BCUT2D eigenvalue weighted by Crippen LogP contribution is -2.45. The monoisotopic (exact) mass is 390 g/mol. The van der Waals surface area contributed by atoms with Crippen LogP contribution in [0.25, 0.3) is 0 Å². The molecule has 1 amide bonds. The van der Waals surface area contributed by atoms with Crippen molar-refractivity contribution in [2.24, 2.45) is 0 Å². The Kier molecular flexibility index (Phi) is 6.34. The van der Waals surface area contributed by atoms with Crippen LogP contribution >= 0.6 is 11.6 Å². The van der Waals surface area contributed by atoms with Crippen molar-refractivity contribution < 1.29 is 14.3 Å². The lowest BCUT2D eigenvalue weighted by atomic mass is 10.0. The van der Waals surface area contributed by atoms with Crippen LogP contribution in [0.5, 0.6) is 11.5 Å². The highest BCUT2D eigenvalue weighted by molar-refractivity contribution is 6.32. The molecule has 7 nitrogen and oxygen atoms in total. The topological polar surface area (TPSA) is 76.6 Å². The third-order valence-electron chi connectivity index (χ3n) is 4.45. The van der Waals surface area contributed by atoms with E-state index in [1.807, 2.05) is 6.92 Å². The van der Waals surface area contributed by atoms with E-state index in [4.69, 9.17) is 21.1 Å². The second-order valence-electron chi connectivity index (χ2n) is 6.21. The van der Waals surface area contributed by atoms with Crippen molar-refractivity contribution in [3.05, 3.63) is 41.2 Å². The maximum absolute atomic E-state index is 12.6. The molecule has 0 atom stereocenters. The zero-order chi connectivity index (χ0) is 19.2. The summed E-state index contributed by atoms with van der Waals surface area (Å²) in [6, 6.07) is 5.15. The Labute approximate surface area is 163 Å². The first-order valence-corrected chi connectivity index (χ1v) is 9.33. The number of nitrogens with one attached hydrogen (secondary N) is 1. The van der Waals surface area contributed by atoms with Gasteiger partial charge in [-0.2, -0.15) is 0 Å². The molecule has 0 saturated carbocycles. The molecular weight excluding hydrogens is 368 g/mol. The van der Waals surface area contributed by atoms with Crippen LogP contribution in [0.2, 0.25) is 5.02 Å². The number of amides is 1. The second kappa shape index (κ2) is 8.90. The third kappa shape index (κ3) is 4.60. The molecule has 144 valence electrons. The van der Waals surface area contributed by atoms with Crippen LogP contribution in [0.15, 0.2) is 30.6 Å². The molecule has 1 aromatic heterocycles. The minimum Gasteiger partial charge on any atom is -0.493 e. The van der Waals surface area contributed by atoms with Gasteiger partial charge in [-0.3, -0.25) is 4.79 Å². The maximum Gasteiger partial charge on any atom is 0.251 e. The van der Waals surface area contributed by atoms with E-state index in [2.05, 4.69) is 20.2 Å². The van der Waals surface area contributed by atoms with E-state index in [0.717, 1.165) is 31.9 Å². The first kappa shape index (κ1) is 19.2. The number of rotatable bonds is 6. The summed E-state index contributed by atoms with van der Waals surface area (Å²) in [5.74, 6) is 1.46. The minimum absolute atomic E-state index is 0.0915. The minimum atomic E-state index is -0.173. The molecule has 1 aromatic carbocycles. The average molecular weight is 391 g/mol. The van der Waals surface area contributed by atoms with Gasteiger partial charge in [0.15, 0.2) is 11.5 Å². The van der Waals surface area contributed by atoms with Crippen LogP contribution in [0, 0.1) is 0 Å². The summed E-state index contributed by atoms with van der Waals surface area (Å²) in [7, 11) is 1.53. The van der Waals surface area contributed by atoms with Crippen molar-refractivity contribution in [1.82, 2.24) is 15.3 Å². The summed E-state index contributed by atoms with van der Waals surface area (Å²) in [5, 5.41) is 3.43. The highest BCUT2D eigenvalue weighted by Gasteiger charge is 2.23. The van der Waals surface area contributed by atoms with Crippen molar-refractivity contribution in [1.29, 1.82) is 0 Å². The SMILES string of the molecule is CCOc1c(Cl)cc(C(=O)NC2CCN(c3ncccn3)CC2)cc1OC. The van der Waals surface area contributed by atoms with E-state index < -0.39 is 0 Å². The standard InChI is InChI=1S/C19H23ClN4O3/c1-3-27-17-15(20)11-13(12-16(17)26-2)18(25)23-14-5-9-24(10-6-14)19-21-7-4-8-22-19/h4,7-8,11-12,14H,3,5-6,9-10H2,1-2H3,(H,23,25). The fourth-order valence-electron chi connectivity index (χ4n) is 3.08. The smallest absolute Gasteiger partial charge is 0.251 e. The van der Waals surface area contributed by atoms with Gasteiger partial charge in [0.2, 0.25) is 5.95 Å². The van der Waals surface area contributed by atoms with Gasteiger partial charge in [-0.25, -0.2) is 9.97 Å². The van der Waals surface area contributed by atoms with Crippen LogP contribution in [-0.4, -0.2) is 48.7 Å². The number of piperidine rings is 1. The number of anilines is 1. The van der Waals surface area contributed by atoms with Gasteiger partial charge in [0.1, 0.15) is 0 Å². The van der Waals surface area contributed by atoms with Crippen molar-refractivity contribution >= 4 is 23.5 Å². The van der Waals surface area contributed by atoms with Gasteiger partial charge in [0, 0.05) is 37.1 Å². The van der Waals surface area contributed by atoms with Gasteiger partial charge in [0.05, 0.1) is 18.7 Å². The van der Waals surface area contributed by atoms with Crippen molar-refractivity contribution in [3.8, 4) is 11.5 Å². The molecule has 1 aliphatic rings. The molecule has 1 fully saturated rings. The predicted molar refractivity (Wildman–Crippen MR) is 104 cm³/mol. The number of hydrogen-bond acceptors (Lipinski definition) is 6. The number of nitrogens with zero attached hydrogens (tertiary/aromatic N) is 3. The highest BCUT2D eigenvalue weighted by atomic mass is 35.5. The Bertz CT molecular complexity index is 780. The number of halogens is 1. The summed E-state index contributed by atoms with van der Waals surface area (Å²) < 4.78 is 10.8. The van der Waals surface area contributed by atoms with Crippen LogP contribution in [0.3, 0.4) is 0 Å². The lowest BCUT2D eigenvalue weighted by Gasteiger charge is -2.32. The van der Waals surface area contributed by atoms with Crippen LogP contribution < -0.4 is 19.7 Å². The molecule has 2 heterocycles. The fraction of sp³-hybridized carbons (Fsp3) is 0.421. The van der Waals surface area contributed by atoms with Crippen molar-refractivity contribution in [3.63, 3.8) is 0 Å². The maximum atomic E-state index is 12.6. The Hall–Kier alpha value is -2.54. The molecule has 0 radical (unpaired) electrons. The Morgan fingerprint density at radius 2 is 2.00 bits per heavy atom. The van der Waals surface area contributed by atoms with Gasteiger partial charge in [-0.05, 0) is 38.0 Å². The zero-order valence-corrected chi connectivity index (χ0v) is 16.2. The van der Waals surface area contributed by atoms with Crippen molar-refractivity contribution in [2.45, 2.75) is 25.8 Å². The van der Waals surface area contributed by atoms with Crippen molar-refractivity contribution in [2.75, 3.05) is 31.7 Å². The summed E-state index contributed by atoms with van der Waals surface area (Å²) in [6.45, 7) is 3.92. The fourth-order valence-corrected chi connectivity index (χ4v) is 3.35. The Balaban J connectivity index is 1.62. The summed E-state index contributed by atoms with van der Waals surface area (Å²) in [5.41, 5.74) is 0.453. The molecule has 8 heteroatoms. The lowest BCUT2D eigenvalue weighted by molar-refractivity contribution is 0.0930. The van der Waals surface area contributed by atoms with Gasteiger partial charge < -0.3 is 19.7 Å². The number of carbonyl (C=O) groups is 1. The molecule has 27 heavy (non-hydrogen) atoms. The largest absolute Gasteiger partial charge is 0.493 e. The van der Waals surface area contributed by atoms with Gasteiger partial charge >= 0.3 is 0 Å². The van der Waals surface area contributed by atoms with E-state index in [0.29, 0.717) is 28.7 Å². The molecule has 3 rings (SSSR count). The molecule has 0 spiro atoms. The van der Waals surface area contributed by atoms with Crippen LogP contribution in [0.1, 0.15) is 30.1 Å². The normalized spacial score (nSPS) is 14.7. The number of aromatic nitrogens is 2. The third-order valence-corrected chi connectivity index (χ3v) is 4.73. The molecule has 0 aliphatic carbocycles. The molecule has 0 bridgehead atoms. The van der Waals surface area contributed by atoms with Crippen LogP contribution in [-0.2, 0) is 0 Å². The Morgan fingerprint density at radius 1 is 1.30 bits per heavy atom. The zero-order valence-electron chi connectivity index (χ0n) is 15.4. The number of methoxy groups -OCH3 is 1. The van der Waals surface area contributed by atoms with Gasteiger partial charge in [-0.15, -0.1) is 0 Å². The Morgan fingerprint density at radius 3 is 2.63 bits per heavy atom. The first-order valence-electron chi connectivity index (χ1n) is 8.95. The van der Waals surface area contributed by atoms with Gasteiger partial charge in [0.25, 0.3) is 5.91 Å². The molecule has 1 saturated heterocycles. The van der Waals surface area contributed by atoms with E-state index >= 15 is 0 Å². The summed E-state index contributed by atoms with van der Waals surface area (Å²) in [6.07, 6.45) is 5.12. The molecular formula is C19H23ClN4O3. The van der Waals surface area contributed by atoms with E-state index in [9.17, 15) is 4.79 Å². The van der Waals surface area contributed by atoms with E-state index in [1.54, 1.807) is 30.6 Å². The number of carbonyl (C=O) groups excluding carboxylic acids is 1. The van der Waals surface area contributed by atoms with E-state index in [-0.39, 0.29) is 11.9 Å². The number of hydrogen-bond donors (Lipinski definition) is 1. The molecule has 1 aliphatic heterocycles. The molecule has 2 aromatic rings. The molecule has 1 N–H and O–H groups in total. The quantitative estimate of drug-likeness (QED) is 0.817. The number of ether oxygens (including phenoxy) is 2.